The van der Waals surface area contributed by atoms with E-state index in [2.05, 4.69) is 10.6 Å². The van der Waals surface area contributed by atoms with Crippen LogP contribution in [-0.4, -0.2) is 24.0 Å². The Hall–Kier alpha value is -1.81. The van der Waals surface area contributed by atoms with Gasteiger partial charge in [-0.2, -0.15) is 26.3 Å². The van der Waals surface area contributed by atoms with Crippen molar-refractivity contribution >= 4 is 5.91 Å². The maximum absolute atomic E-state index is 12.8. The second kappa shape index (κ2) is 6.49. The summed E-state index contributed by atoms with van der Waals surface area (Å²) < 4.78 is 76.8. The highest BCUT2D eigenvalue weighted by atomic mass is 19.4. The molecular weight excluding hydrogens is 352 g/mol. The molecule has 4 nitrogen and oxygen atoms in total. The molecule has 1 amide bonds. The molecule has 0 radical (unpaired) electrons. The van der Waals surface area contributed by atoms with Gasteiger partial charge in [0, 0.05) is 19.1 Å². The average Bonchev–Trinajstić information content (AvgIpc) is 2.83. The van der Waals surface area contributed by atoms with Crippen molar-refractivity contribution < 1.29 is 31.1 Å². The number of alkyl halides is 6. The number of nitrogens with two attached hydrogens (primary N) is 1. The standard InChI is InChI=1S/C15H17F6N3O/c1-13(5-11(22)7-24-13)12(25)23-6-8-2-9(14(16,17)18)4-10(3-8)15(19,20)21/h2-4,11,24H,5-7,22H2,1H3,(H,23,25). The highest BCUT2D eigenvalue weighted by molar-refractivity contribution is 5.86. The van der Waals surface area contributed by atoms with Crippen LogP contribution in [0, 0.1) is 0 Å². The fraction of sp³-hybridized carbons (Fsp3) is 0.533. The Kier molecular flexibility index (Phi) is 5.06. The van der Waals surface area contributed by atoms with E-state index in [1.54, 1.807) is 6.92 Å². The topological polar surface area (TPSA) is 67.2 Å². The molecule has 140 valence electrons. The molecule has 1 aromatic carbocycles. The maximum atomic E-state index is 12.8. The molecule has 0 spiro atoms. The molecule has 0 bridgehead atoms. The smallest absolute Gasteiger partial charge is 0.350 e. The van der Waals surface area contributed by atoms with E-state index in [4.69, 9.17) is 5.73 Å². The molecule has 2 rings (SSSR count). The SMILES string of the molecule is CC1(C(=O)NCc2cc(C(F)(F)F)cc(C(F)(F)F)c2)CC(N)CN1. The Balaban J connectivity index is 2.20. The van der Waals surface area contributed by atoms with E-state index in [1.807, 2.05) is 0 Å². The van der Waals surface area contributed by atoms with Gasteiger partial charge < -0.3 is 16.4 Å². The summed E-state index contributed by atoms with van der Waals surface area (Å²) in [5, 5.41) is 5.26. The van der Waals surface area contributed by atoms with Crippen LogP contribution < -0.4 is 16.4 Å². The van der Waals surface area contributed by atoms with E-state index in [0.29, 0.717) is 25.1 Å². The fourth-order valence-electron chi connectivity index (χ4n) is 2.70. The van der Waals surface area contributed by atoms with Gasteiger partial charge in [-0.15, -0.1) is 0 Å². The zero-order valence-corrected chi connectivity index (χ0v) is 13.2. The van der Waals surface area contributed by atoms with Crippen LogP contribution in [0.3, 0.4) is 0 Å². The van der Waals surface area contributed by atoms with Gasteiger partial charge in [-0.3, -0.25) is 4.79 Å². The third-order valence-electron chi connectivity index (χ3n) is 4.03. The number of amides is 1. The molecule has 0 aromatic heterocycles. The predicted molar refractivity (Wildman–Crippen MR) is 77.3 cm³/mol. The summed E-state index contributed by atoms with van der Waals surface area (Å²) in [5.74, 6) is -0.536. The molecule has 10 heteroatoms. The van der Waals surface area contributed by atoms with E-state index in [9.17, 15) is 31.1 Å². The van der Waals surface area contributed by atoms with Gasteiger partial charge in [-0.1, -0.05) is 0 Å². The molecule has 1 heterocycles. The lowest BCUT2D eigenvalue weighted by Gasteiger charge is -2.23. The second-order valence-electron chi connectivity index (χ2n) is 6.27. The third kappa shape index (κ3) is 4.63. The minimum absolute atomic E-state index is 0.0458. The Labute approximate surface area is 139 Å². The van der Waals surface area contributed by atoms with Crippen molar-refractivity contribution in [1.29, 1.82) is 0 Å². The van der Waals surface area contributed by atoms with Crippen molar-refractivity contribution in [1.82, 2.24) is 10.6 Å². The summed E-state index contributed by atoms with van der Waals surface area (Å²) in [5.41, 5.74) is 1.57. The van der Waals surface area contributed by atoms with Crippen LogP contribution in [0.15, 0.2) is 18.2 Å². The molecular formula is C15H17F6N3O. The number of hydrogen-bond donors (Lipinski definition) is 3. The first-order chi connectivity index (χ1) is 11.3. The minimum atomic E-state index is -4.92. The Morgan fingerprint density at radius 1 is 1.20 bits per heavy atom. The van der Waals surface area contributed by atoms with Gasteiger partial charge in [0.05, 0.1) is 16.7 Å². The zero-order chi connectivity index (χ0) is 19.0. The number of halogens is 6. The molecule has 2 atom stereocenters. The van der Waals surface area contributed by atoms with E-state index in [1.165, 1.54) is 0 Å². The zero-order valence-electron chi connectivity index (χ0n) is 13.2. The first-order valence-electron chi connectivity index (χ1n) is 7.38. The van der Waals surface area contributed by atoms with Crippen molar-refractivity contribution in [2.24, 2.45) is 5.73 Å². The van der Waals surface area contributed by atoms with E-state index in [-0.39, 0.29) is 17.7 Å². The summed E-state index contributed by atoms with van der Waals surface area (Å²) in [6.07, 6.45) is -9.53. The monoisotopic (exact) mass is 369 g/mol. The number of carbonyl (C=O) groups is 1. The van der Waals surface area contributed by atoms with Crippen molar-refractivity contribution in [2.75, 3.05) is 6.54 Å². The second-order valence-corrected chi connectivity index (χ2v) is 6.27. The number of hydrogen-bond acceptors (Lipinski definition) is 3. The van der Waals surface area contributed by atoms with Crippen molar-refractivity contribution in [3.63, 3.8) is 0 Å². The Bertz CT molecular complexity index is 625. The first kappa shape index (κ1) is 19.5. The fourth-order valence-corrected chi connectivity index (χ4v) is 2.70. The first-order valence-corrected chi connectivity index (χ1v) is 7.38. The normalized spacial score (nSPS) is 24.4. The number of carbonyl (C=O) groups excluding carboxylic acids is 1. The Morgan fingerprint density at radius 3 is 2.12 bits per heavy atom. The highest BCUT2D eigenvalue weighted by Crippen LogP contribution is 2.36. The number of rotatable bonds is 3. The molecule has 1 aliphatic heterocycles. The number of nitrogens with one attached hydrogen (secondary N) is 2. The number of benzene rings is 1. The summed E-state index contributed by atoms with van der Waals surface area (Å²) in [6, 6.07) is 0.975. The van der Waals surface area contributed by atoms with Gasteiger partial charge in [-0.05, 0) is 37.1 Å². The van der Waals surface area contributed by atoms with Crippen LogP contribution in [0.4, 0.5) is 26.3 Å². The van der Waals surface area contributed by atoms with Gasteiger partial charge in [0.15, 0.2) is 0 Å². The molecule has 1 aromatic rings. The van der Waals surface area contributed by atoms with Crippen molar-refractivity contribution in [3.8, 4) is 0 Å². The molecule has 4 N–H and O–H groups in total. The van der Waals surface area contributed by atoms with E-state index < -0.39 is 41.5 Å². The summed E-state index contributed by atoms with van der Waals surface area (Å²) in [7, 11) is 0. The van der Waals surface area contributed by atoms with Crippen LogP contribution in [0.5, 0.6) is 0 Å². The van der Waals surface area contributed by atoms with Crippen LogP contribution >= 0.6 is 0 Å². The largest absolute Gasteiger partial charge is 0.416 e. The molecule has 1 fully saturated rings. The molecule has 2 unspecified atom stereocenters. The van der Waals surface area contributed by atoms with Crippen LogP contribution in [-0.2, 0) is 23.7 Å². The maximum Gasteiger partial charge on any atom is 0.416 e. The lowest BCUT2D eigenvalue weighted by molar-refractivity contribution is -0.143. The van der Waals surface area contributed by atoms with Gasteiger partial charge in [0.1, 0.15) is 0 Å². The molecule has 0 aliphatic carbocycles. The average molecular weight is 369 g/mol. The summed E-state index contributed by atoms with van der Waals surface area (Å²) in [4.78, 5) is 12.2. The highest BCUT2D eigenvalue weighted by Gasteiger charge is 2.40. The Morgan fingerprint density at radius 2 is 1.72 bits per heavy atom. The molecule has 1 aliphatic rings. The van der Waals surface area contributed by atoms with Crippen LogP contribution in [0.1, 0.15) is 30.0 Å². The summed E-state index contributed by atoms with van der Waals surface area (Å²) in [6.45, 7) is 1.51. The van der Waals surface area contributed by atoms with Crippen molar-refractivity contribution in [2.45, 2.75) is 43.8 Å². The van der Waals surface area contributed by atoms with Crippen LogP contribution in [0.2, 0.25) is 0 Å². The van der Waals surface area contributed by atoms with Crippen molar-refractivity contribution in [3.05, 3.63) is 34.9 Å². The van der Waals surface area contributed by atoms with Crippen LogP contribution in [0.25, 0.3) is 0 Å². The van der Waals surface area contributed by atoms with Gasteiger partial charge in [0.25, 0.3) is 0 Å². The quantitative estimate of drug-likeness (QED) is 0.717. The molecule has 0 saturated carbocycles. The molecule has 1 saturated heterocycles. The molecule has 25 heavy (non-hydrogen) atoms. The lowest BCUT2D eigenvalue weighted by Crippen LogP contribution is -2.50. The lowest BCUT2D eigenvalue weighted by atomic mass is 9.97. The predicted octanol–water partition coefficient (Wildman–Crippen LogP) is 2.42. The van der Waals surface area contributed by atoms with Gasteiger partial charge in [0.2, 0.25) is 5.91 Å². The summed E-state index contributed by atoms with van der Waals surface area (Å²) >= 11 is 0. The van der Waals surface area contributed by atoms with E-state index >= 15 is 0 Å². The van der Waals surface area contributed by atoms with Gasteiger partial charge in [-0.25, -0.2) is 0 Å². The van der Waals surface area contributed by atoms with Gasteiger partial charge >= 0.3 is 12.4 Å². The van der Waals surface area contributed by atoms with E-state index in [0.717, 1.165) is 0 Å². The minimum Gasteiger partial charge on any atom is -0.350 e. The third-order valence-corrected chi connectivity index (χ3v) is 4.03.